The lowest BCUT2D eigenvalue weighted by molar-refractivity contribution is -0.0470. The fraction of sp³-hybridized carbons (Fsp3) is 0.562. The first kappa shape index (κ1) is 16.5. The molecule has 22 heavy (non-hydrogen) atoms. The zero-order valence-corrected chi connectivity index (χ0v) is 12.9. The molecule has 0 aliphatic carbocycles. The second-order valence-electron chi connectivity index (χ2n) is 5.52. The summed E-state index contributed by atoms with van der Waals surface area (Å²) in [6.45, 7) is 4.57. The number of nitrogens with one attached hydrogen (secondary N) is 1. The minimum absolute atomic E-state index is 0.0921. The topological polar surface area (TPSA) is 41.6 Å². The monoisotopic (exact) mass is 312 g/mol. The SMILES string of the molecule is CCOc1ccc(C(C)NC(=O)N2CCC(F)(F)CC2)cc1. The van der Waals surface area contributed by atoms with Crippen LogP contribution in [0.3, 0.4) is 0 Å². The summed E-state index contributed by atoms with van der Waals surface area (Å²) in [6.07, 6.45) is -0.532. The molecule has 1 heterocycles. The van der Waals surface area contributed by atoms with Crippen LogP contribution in [0.15, 0.2) is 24.3 Å². The lowest BCUT2D eigenvalue weighted by Crippen LogP contribution is -2.47. The van der Waals surface area contributed by atoms with E-state index >= 15 is 0 Å². The number of carbonyl (C=O) groups excluding carboxylic acids is 1. The highest BCUT2D eigenvalue weighted by Crippen LogP contribution is 2.27. The van der Waals surface area contributed by atoms with Crippen LogP contribution in [0.25, 0.3) is 0 Å². The number of hydrogen-bond acceptors (Lipinski definition) is 2. The number of piperidine rings is 1. The second-order valence-corrected chi connectivity index (χ2v) is 5.52. The first-order valence-corrected chi connectivity index (χ1v) is 7.57. The van der Waals surface area contributed by atoms with Crippen LogP contribution in [0.1, 0.15) is 38.3 Å². The van der Waals surface area contributed by atoms with Crippen LogP contribution in [0.2, 0.25) is 0 Å². The Labute approximate surface area is 129 Å². The van der Waals surface area contributed by atoms with Gasteiger partial charge in [0.15, 0.2) is 0 Å². The number of ether oxygens (including phenoxy) is 1. The van der Waals surface area contributed by atoms with Crippen molar-refractivity contribution in [2.24, 2.45) is 0 Å². The molecule has 1 N–H and O–H groups in total. The number of alkyl halides is 2. The van der Waals surface area contributed by atoms with Crippen LogP contribution in [-0.4, -0.2) is 36.5 Å². The van der Waals surface area contributed by atoms with Crippen molar-refractivity contribution in [3.8, 4) is 5.75 Å². The van der Waals surface area contributed by atoms with Gasteiger partial charge in [-0.15, -0.1) is 0 Å². The quantitative estimate of drug-likeness (QED) is 0.923. The number of halogens is 2. The van der Waals surface area contributed by atoms with Gasteiger partial charge >= 0.3 is 6.03 Å². The molecule has 122 valence electrons. The molecule has 4 nitrogen and oxygen atoms in total. The fourth-order valence-corrected chi connectivity index (χ4v) is 2.42. The van der Waals surface area contributed by atoms with Crippen LogP contribution in [0.5, 0.6) is 5.75 Å². The zero-order valence-electron chi connectivity index (χ0n) is 12.9. The Bertz CT molecular complexity index is 495. The van der Waals surface area contributed by atoms with Gasteiger partial charge in [-0.25, -0.2) is 13.6 Å². The standard InChI is InChI=1S/C16H22F2N2O2/c1-3-22-14-6-4-13(5-7-14)12(2)19-15(21)20-10-8-16(17,18)9-11-20/h4-7,12H,3,8-11H2,1-2H3,(H,19,21). The fourth-order valence-electron chi connectivity index (χ4n) is 2.42. The number of carbonyl (C=O) groups is 1. The van der Waals surface area contributed by atoms with Gasteiger partial charge in [0.1, 0.15) is 5.75 Å². The number of hydrogen-bond donors (Lipinski definition) is 1. The van der Waals surface area contributed by atoms with Crippen molar-refractivity contribution in [2.75, 3.05) is 19.7 Å². The van der Waals surface area contributed by atoms with E-state index in [1.54, 1.807) is 0 Å². The minimum Gasteiger partial charge on any atom is -0.494 e. The van der Waals surface area contributed by atoms with Crippen LogP contribution in [-0.2, 0) is 0 Å². The molecule has 1 aromatic rings. The lowest BCUT2D eigenvalue weighted by atomic mass is 10.1. The minimum atomic E-state index is -2.64. The normalized spacial score (nSPS) is 18.6. The van der Waals surface area contributed by atoms with E-state index in [4.69, 9.17) is 4.74 Å². The largest absolute Gasteiger partial charge is 0.494 e. The number of amides is 2. The van der Waals surface area contributed by atoms with Crippen LogP contribution < -0.4 is 10.1 Å². The van der Waals surface area contributed by atoms with Gasteiger partial charge in [0.25, 0.3) is 5.92 Å². The maximum atomic E-state index is 13.1. The predicted molar refractivity (Wildman–Crippen MR) is 80.3 cm³/mol. The summed E-state index contributed by atoms with van der Waals surface area (Å²) in [5.74, 6) is -1.86. The Morgan fingerprint density at radius 3 is 2.45 bits per heavy atom. The van der Waals surface area contributed by atoms with Gasteiger partial charge in [0, 0.05) is 25.9 Å². The Morgan fingerprint density at radius 2 is 1.91 bits per heavy atom. The average molecular weight is 312 g/mol. The lowest BCUT2D eigenvalue weighted by Gasteiger charge is -2.32. The molecule has 1 saturated heterocycles. The number of rotatable bonds is 4. The third-order valence-corrected chi connectivity index (χ3v) is 3.81. The van der Waals surface area contributed by atoms with Crippen molar-refractivity contribution in [3.05, 3.63) is 29.8 Å². The summed E-state index contributed by atoms with van der Waals surface area (Å²) in [4.78, 5) is 13.6. The molecule has 2 amide bonds. The molecular weight excluding hydrogens is 290 g/mol. The van der Waals surface area contributed by atoms with Crippen molar-refractivity contribution >= 4 is 6.03 Å². The molecule has 0 radical (unpaired) electrons. The summed E-state index contributed by atoms with van der Waals surface area (Å²) in [7, 11) is 0. The van der Waals surface area contributed by atoms with E-state index in [1.165, 1.54) is 4.90 Å². The highest BCUT2D eigenvalue weighted by atomic mass is 19.3. The molecule has 1 aliphatic rings. The van der Waals surface area contributed by atoms with Crippen molar-refractivity contribution < 1.29 is 18.3 Å². The Hall–Kier alpha value is -1.85. The van der Waals surface area contributed by atoms with E-state index in [0.29, 0.717) is 6.61 Å². The Balaban J connectivity index is 1.88. The van der Waals surface area contributed by atoms with E-state index in [-0.39, 0.29) is 38.0 Å². The summed E-state index contributed by atoms with van der Waals surface area (Å²) in [6, 6.07) is 6.99. The molecule has 6 heteroatoms. The van der Waals surface area contributed by atoms with Gasteiger partial charge < -0.3 is 15.0 Å². The first-order chi connectivity index (χ1) is 10.4. The second kappa shape index (κ2) is 6.94. The Morgan fingerprint density at radius 1 is 1.32 bits per heavy atom. The highest BCUT2D eigenvalue weighted by molar-refractivity contribution is 5.74. The van der Waals surface area contributed by atoms with Crippen molar-refractivity contribution in [1.82, 2.24) is 10.2 Å². The van der Waals surface area contributed by atoms with E-state index in [1.807, 2.05) is 38.1 Å². The van der Waals surface area contributed by atoms with Gasteiger partial charge in [-0.05, 0) is 31.5 Å². The van der Waals surface area contributed by atoms with Gasteiger partial charge in [-0.3, -0.25) is 0 Å². The molecule has 2 rings (SSSR count). The third kappa shape index (κ3) is 4.32. The molecule has 1 aromatic carbocycles. The Kier molecular flexibility index (Phi) is 5.21. The molecule has 1 fully saturated rings. The smallest absolute Gasteiger partial charge is 0.317 e. The molecular formula is C16H22F2N2O2. The van der Waals surface area contributed by atoms with Gasteiger partial charge in [0.05, 0.1) is 12.6 Å². The summed E-state index contributed by atoms with van der Waals surface area (Å²) in [5.41, 5.74) is 0.944. The molecule has 0 aromatic heterocycles. The number of urea groups is 1. The molecule has 0 saturated carbocycles. The van der Waals surface area contributed by atoms with Crippen molar-refractivity contribution in [1.29, 1.82) is 0 Å². The average Bonchev–Trinajstić information content (AvgIpc) is 2.48. The number of nitrogens with zero attached hydrogens (tertiary/aromatic N) is 1. The molecule has 1 aliphatic heterocycles. The first-order valence-electron chi connectivity index (χ1n) is 7.57. The van der Waals surface area contributed by atoms with Crippen molar-refractivity contribution in [3.63, 3.8) is 0 Å². The van der Waals surface area contributed by atoms with Gasteiger partial charge in [-0.1, -0.05) is 12.1 Å². The summed E-state index contributed by atoms with van der Waals surface area (Å²) >= 11 is 0. The molecule has 0 bridgehead atoms. The molecule has 1 unspecified atom stereocenters. The third-order valence-electron chi connectivity index (χ3n) is 3.81. The highest BCUT2D eigenvalue weighted by Gasteiger charge is 2.35. The summed E-state index contributed by atoms with van der Waals surface area (Å²) in [5, 5.41) is 2.85. The molecule has 1 atom stereocenters. The predicted octanol–water partition coefficient (Wildman–Crippen LogP) is 3.59. The molecule has 0 spiro atoms. The summed E-state index contributed by atoms with van der Waals surface area (Å²) < 4.78 is 31.6. The number of benzene rings is 1. The maximum absolute atomic E-state index is 13.1. The van der Waals surface area contributed by atoms with E-state index < -0.39 is 5.92 Å². The zero-order chi connectivity index (χ0) is 16.2. The maximum Gasteiger partial charge on any atom is 0.317 e. The number of likely N-dealkylation sites (tertiary alicyclic amines) is 1. The van der Waals surface area contributed by atoms with Crippen LogP contribution >= 0.6 is 0 Å². The van der Waals surface area contributed by atoms with E-state index in [9.17, 15) is 13.6 Å². The van der Waals surface area contributed by atoms with Gasteiger partial charge in [0.2, 0.25) is 0 Å². The van der Waals surface area contributed by atoms with E-state index in [2.05, 4.69) is 5.32 Å². The van der Waals surface area contributed by atoms with Crippen molar-refractivity contribution in [2.45, 2.75) is 38.7 Å². The van der Waals surface area contributed by atoms with Crippen LogP contribution in [0, 0.1) is 0 Å². The van der Waals surface area contributed by atoms with E-state index in [0.717, 1.165) is 11.3 Å². The van der Waals surface area contributed by atoms with Gasteiger partial charge in [-0.2, -0.15) is 0 Å². The van der Waals surface area contributed by atoms with Crippen LogP contribution in [0.4, 0.5) is 13.6 Å².